The Bertz CT molecular complexity index is 929. The molecule has 1 unspecified atom stereocenters. The summed E-state index contributed by atoms with van der Waals surface area (Å²) in [6.45, 7) is 2.35. The molecule has 0 amide bonds. The summed E-state index contributed by atoms with van der Waals surface area (Å²) in [5, 5.41) is 0. The predicted octanol–water partition coefficient (Wildman–Crippen LogP) is 6.86. The van der Waals surface area contributed by atoms with E-state index < -0.39 is 0 Å². The fourth-order valence-corrected chi connectivity index (χ4v) is 5.71. The maximum atomic E-state index is 3.88. The summed E-state index contributed by atoms with van der Waals surface area (Å²) in [6.07, 6.45) is 12.2. The highest BCUT2D eigenvalue weighted by molar-refractivity contribution is 9.10. The number of hydrogen-bond donors (Lipinski definition) is 0. The molecule has 2 aromatic rings. The van der Waals surface area contributed by atoms with Crippen LogP contribution in [-0.4, -0.2) is 0 Å². The van der Waals surface area contributed by atoms with E-state index in [-0.39, 0.29) is 0 Å². The molecular weight excluding hydrogens is 368 g/mol. The summed E-state index contributed by atoms with van der Waals surface area (Å²) in [7, 11) is 0. The van der Waals surface area contributed by atoms with Gasteiger partial charge >= 0.3 is 0 Å². The van der Waals surface area contributed by atoms with E-state index in [0.717, 1.165) is 6.42 Å². The molecule has 0 nitrogen and oxygen atoms in total. The van der Waals surface area contributed by atoms with Gasteiger partial charge in [-0.25, -0.2) is 0 Å². The molecule has 0 fully saturated rings. The Labute approximate surface area is 158 Å². The largest absolute Gasteiger partial charge is 0.0760 e. The first kappa shape index (κ1) is 15.6. The maximum absolute atomic E-state index is 3.88. The Kier molecular flexibility index (Phi) is 3.74. The minimum Gasteiger partial charge on any atom is -0.0760 e. The van der Waals surface area contributed by atoms with E-state index in [0.29, 0.717) is 5.92 Å². The lowest BCUT2D eigenvalue weighted by atomic mass is 9.84. The molecule has 0 heterocycles. The normalized spacial score (nSPS) is 20.6. The molecule has 2 aromatic carbocycles. The number of halogens is 1. The topological polar surface area (TPSA) is 0 Å². The van der Waals surface area contributed by atoms with Crippen molar-refractivity contribution in [2.45, 2.75) is 51.4 Å². The first-order valence-electron chi connectivity index (χ1n) is 9.51. The number of rotatable bonds is 2. The van der Waals surface area contributed by atoms with Crippen LogP contribution in [0.4, 0.5) is 0 Å². The van der Waals surface area contributed by atoms with Gasteiger partial charge in [-0.1, -0.05) is 57.9 Å². The molecule has 1 heteroatoms. The van der Waals surface area contributed by atoms with Gasteiger partial charge in [0.15, 0.2) is 0 Å². The third-order valence-corrected chi connectivity index (χ3v) is 7.03. The molecule has 126 valence electrons. The van der Waals surface area contributed by atoms with Gasteiger partial charge in [0.2, 0.25) is 0 Å². The highest BCUT2D eigenvalue weighted by Crippen LogP contribution is 2.46. The molecule has 3 aliphatic rings. The Morgan fingerprint density at radius 2 is 1.84 bits per heavy atom. The number of hydrogen-bond acceptors (Lipinski definition) is 0. The molecule has 0 radical (unpaired) electrons. The number of fused-ring (bicyclic) bond motifs is 4. The van der Waals surface area contributed by atoms with Crippen LogP contribution in [0, 0.1) is 0 Å². The molecule has 0 aliphatic heterocycles. The molecule has 3 aliphatic carbocycles. The Morgan fingerprint density at radius 1 is 1.04 bits per heavy atom. The number of allylic oxidation sites excluding steroid dienone is 3. The van der Waals surface area contributed by atoms with Crippen molar-refractivity contribution in [2.24, 2.45) is 0 Å². The average Bonchev–Trinajstić information content (AvgIpc) is 3.18. The lowest BCUT2D eigenvalue weighted by molar-refractivity contribution is 0.677. The standard InChI is InChI=1S/C24H23Br/c1-15-12-22-19-8-4-5-9-20(19)24(25)14-23(22)21(15)13-17-11-10-16-6-2-3-7-18(16)17/h2-3,6-7,10-11,14,17H,4-5,8-9,12-13H2,1H3. The third kappa shape index (κ3) is 2.47. The molecule has 25 heavy (non-hydrogen) atoms. The summed E-state index contributed by atoms with van der Waals surface area (Å²) >= 11 is 3.88. The van der Waals surface area contributed by atoms with Gasteiger partial charge in [-0.2, -0.15) is 0 Å². The zero-order chi connectivity index (χ0) is 17.0. The smallest absolute Gasteiger partial charge is 0.0216 e. The van der Waals surface area contributed by atoms with E-state index in [1.54, 1.807) is 27.8 Å². The van der Waals surface area contributed by atoms with Crippen molar-refractivity contribution in [3.8, 4) is 0 Å². The lowest BCUT2D eigenvalue weighted by Gasteiger charge is -2.22. The van der Waals surface area contributed by atoms with E-state index in [9.17, 15) is 0 Å². The number of benzene rings is 2. The van der Waals surface area contributed by atoms with Crippen molar-refractivity contribution < 1.29 is 0 Å². The fraction of sp³-hybridized carbons (Fsp3) is 0.333. The van der Waals surface area contributed by atoms with Crippen LogP contribution in [0.15, 0.2) is 46.5 Å². The predicted molar refractivity (Wildman–Crippen MR) is 110 cm³/mol. The molecular formula is C24H23Br. The van der Waals surface area contributed by atoms with E-state index in [1.165, 1.54) is 53.3 Å². The van der Waals surface area contributed by atoms with Crippen LogP contribution in [0.5, 0.6) is 0 Å². The third-order valence-electron chi connectivity index (χ3n) is 6.33. The fourth-order valence-electron chi connectivity index (χ4n) is 5.04. The molecule has 5 rings (SSSR count). The van der Waals surface area contributed by atoms with Crippen LogP contribution in [0.1, 0.15) is 65.5 Å². The SMILES string of the molecule is CC1=C(CC2C=Cc3ccccc32)c2cc(Br)c3c(c2C1)CCCC3. The highest BCUT2D eigenvalue weighted by Gasteiger charge is 2.28. The lowest BCUT2D eigenvalue weighted by Crippen LogP contribution is -2.08. The van der Waals surface area contributed by atoms with Gasteiger partial charge in [0.25, 0.3) is 0 Å². The first-order valence-corrected chi connectivity index (χ1v) is 10.3. The van der Waals surface area contributed by atoms with E-state index in [2.05, 4.69) is 65.3 Å². The second kappa shape index (κ2) is 5.99. The Hall–Kier alpha value is -1.60. The van der Waals surface area contributed by atoms with Crippen molar-refractivity contribution in [2.75, 3.05) is 0 Å². The van der Waals surface area contributed by atoms with Gasteiger partial charge in [-0.3, -0.25) is 0 Å². The second-order valence-corrected chi connectivity index (χ2v) is 8.64. The molecule has 0 spiro atoms. The minimum absolute atomic E-state index is 0.530. The average molecular weight is 391 g/mol. The van der Waals surface area contributed by atoms with Gasteiger partial charge in [-0.15, -0.1) is 0 Å². The first-order chi connectivity index (χ1) is 12.2. The summed E-state index contributed by atoms with van der Waals surface area (Å²) < 4.78 is 1.34. The van der Waals surface area contributed by atoms with Crippen LogP contribution in [-0.2, 0) is 19.3 Å². The van der Waals surface area contributed by atoms with Gasteiger partial charge < -0.3 is 0 Å². The van der Waals surface area contributed by atoms with Crippen LogP contribution in [0.25, 0.3) is 11.6 Å². The Balaban J connectivity index is 1.54. The molecule has 0 bridgehead atoms. The van der Waals surface area contributed by atoms with E-state index >= 15 is 0 Å². The zero-order valence-electron chi connectivity index (χ0n) is 14.7. The van der Waals surface area contributed by atoms with Gasteiger partial charge in [-0.05, 0) is 90.5 Å². The maximum Gasteiger partial charge on any atom is 0.0216 e. The molecule has 0 N–H and O–H groups in total. The minimum atomic E-state index is 0.530. The van der Waals surface area contributed by atoms with Crippen LogP contribution in [0.3, 0.4) is 0 Å². The summed E-state index contributed by atoms with van der Waals surface area (Å²) in [5.74, 6) is 0.530. The van der Waals surface area contributed by atoms with Gasteiger partial charge in [0.05, 0.1) is 0 Å². The van der Waals surface area contributed by atoms with E-state index in [4.69, 9.17) is 0 Å². The van der Waals surface area contributed by atoms with Crippen molar-refractivity contribution in [1.82, 2.24) is 0 Å². The molecule has 1 atom stereocenters. The summed E-state index contributed by atoms with van der Waals surface area (Å²) in [5.41, 5.74) is 12.5. The van der Waals surface area contributed by atoms with Gasteiger partial charge in [0, 0.05) is 10.4 Å². The quantitative estimate of drug-likeness (QED) is 0.525. The van der Waals surface area contributed by atoms with Crippen LogP contribution >= 0.6 is 15.9 Å². The second-order valence-electron chi connectivity index (χ2n) is 7.78. The van der Waals surface area contributed by atoms with Crippen molar-refractivity contribution in [3.63, 3.8) is 0 Å². The van der Waals surface area contributed by atoms with Crippen molar-refractivity contribution >= 4 is 27.6 Å². The van der Waals surface area contributed by atoms with Gasteiger partial charge in [0.1, 0.15) is 0 Å². The molecule has 0 aromatic heterocycles. The summed E-state index contributed by atoms with van der Waals surface area (Å²) in [4.78, 5) is 0. The van der Waals surface area contributed by atoms with Crippen LogP contribution in [0.2, 0.25) is 0 Å². The zero-order valence-corrected chi connectivity index (χ0v) is 16.3. The summed E-state index contributed by atoms with van der Waals surface area (Å²) in [6, 6.07) is 11.3. The molecule has 0 saturated carbocycles. The van der Waals surface area contributed by atoms with Crippen molar-refractivity contribution in [3.05, 3.63) is 79.8 Å². The Morgan fingerprint density at radius 3 is 2.72 bits per heavy atom. The highest BCUT2D eigenvalue weighted by atomic mass is 79.9. The van der Waals surface area contributed by atoms with E-state index in [1.807, 2.05) is 0 Å². The molecule has 0 saturated heterocycles. The van der Waals surface area contributed by atoms with Crippen LogP contribution < -0.4 is 0 Å². The van der Waals surface area contributed by atoms with Crippen molar-refractivity contribution in [1.29, 1.82) is 0 Å². The monoisotopic (exact) mass is 390 g/mol.